The fourth-order valence-corrected chi connectivity index (χ4v) is 5.45. The van der Waals surface area contributed by atoms with Crippen molar-refractivity contribution in [1.82, 2.24) is 5.32 Å². The number of nitrogens with zero attached hydrogens (tertiary/aromatic N) is 1. The molecule has 1 amide bonds. The maximum atomic E-state index is 13.5. The first-order valence-corrected chi connectivity index (χ1v) is 13.0. The monoisotopic (exact) mass is 478 g/mol. The largest absolute Gasteiger partial charge is 0.348 e. The summed E-state index contributed by atoms with van der Waals surface area (Å²) in [5, 5.41) is 2.99. The molecule has 0 bridgehead atoms. The molecule has 5 nitrogen and oxygen atoms in total. The number of nitrogens with one attached hydrogen (secondary N) is 1. The second-order valence-electron chi connectivity index (χ2n) is 9.15. The molecule has 0 aliphatic heterocycles. The predicted octanol–water partition coefficient (Wildman–Crippen LogP) is 5.81. The van der Waals surface area contributed by atoms with Crippen LogP contribution in [0.5, 0.6) is 0 Å². The topological polar surface area (TPSA) is 66.5 Å². The van der Waals surface area contributed by atoms with Gasteiger partial charge in [0.1, 0.15) is 6.54 Å². The molecule has 0 spiro atoms. The van der Waals surface area contributed by atoms with E-state index in [0.29, 0.717) is 11.6 Å². The number of rotatable bonds is 8. The van der Waals surface area contributed by atoms with E-state index in [1.807, 2.05) is 32.9 Å². The number of carbonyl (C=O) groups is 1. The lowest BCUT2D eigenvalue weighted by atomic mass is 9.96. The number of hydrogen-bond donors (Lipinski definition) is 1. The van der Waals surface area contributed by atoms with Crippen molar-refractivity contribution in [2.24, 2.45) is 0 Å². The van der Waals surface area contributed by atoms with Crippen LogP contribution in [0.1, 0.15) is 60.5 Å². The summed E-state index contributed by atoms with van der Waals surface area (Å²) in [6, 6.07) is 19.5. The number of hydrogen-bond acceptors (Lipinski definition) is 3. The Kier molecular flexibility index (Phi) is 7.82. The van der Waals surface area contributed by atoms with E-state index in [4.69, 9.17) is 0 Å². The molecule has 3 aromatic carbocycles. The Bertz CT molecular complexity index is 1250. The normalized spacial score (nSPS) is 12.4. The molecule has 1 unspecified atom stereocenters. The number of sulfonamides is 1. The van der Waals surface area contributed by atoms with Gasteiger partial charge in [0, 0.05) is 0 Å². The van der Waals surface area contributed by atoms with E-state index in [9.17, 15) is 13.2 Å². The van der Waals surface area contributed by atoms with Gasteiger partial charge in [-0.15, -0.1) is 0 Å². The fourth-order valence-electron chi connectivity index (χ4n) is 4.00. The zero-order valence-corrected chi connectivity index (χ0v) is 21.6. The van der Waals surface area contributed by atoms with Crippen molar-refractivity contribution in [2.75, 3.05) is 10.8 Å². The average molecular weight is 479 g/mol. The zero-order valence-electron chi connectivity index (χ0n) is 20.8. The van der Waals surface area contributed by atoms with E-state index in [0.717, 1.165) is 22.3 Å². The van der Waals surface area contributed by atoms with Gasteiger partial charge in [-0.1, -0.05) is 56.3 Å². The van der Waals surface area contributed by atoms with Crippen LogP contribution in [0.3, 0.4) is 0 Å². The summed E-state index contributed by atoms with van der Waals surface area (Å²) in [6.07, 6.45) is 0. The van der Waals surface area contributed by atoms with Crippen molar-refractivity contribution < 1.29 is 13.2 Å². The smallest absolute Gasteiger partial charge is 0.264 e. The summed E-state index contributed by atoms with van der Waals surface area (Å²) in [4.78, 5) is 13.3. The van der Waals surface area contributed by atoms with E-state index in [1.165, 1.54) is 9.87 Å². The van der Waals surface area contributed by atoms with Crippen LogP contribution in [0.2, 0.25) is 0 Å². The lowest BCUT2D eigenvalue weighted by molar-refractivity contribution is -0.120. The van der Waals surface area contributed by atoms with Crippen molar-refractivity contribution in [2.45, 2.75) is 58.4 Å². The van der Waals surface area contributed by atoms with Crippen LogP contribution in [0.4, 0.5) is 5.69 Å². The predicted molar refractivity (Wildman–Crippen MR) is 139 cm³/mol. The lowest BCUT2D eigenvalue weighted by Crippen LogP contribution is -2.41. The molecule has 0 aliphatic carbocycles. The third kappa shape index (κ3) is 5.68. The molecule has 0 aliphatic rings. The van der Waals surface area contributed by atoms with Gasteiger partial charge in [0.15, 0.2) is 0 Å². The molecule has 1 atom stereocenters. The summed E-state index contributed by atoms with van der Waals surface area (Å²) in [5.74, 6) is -0.0452. The van der Waals surface area contributed by atoms with Crippen molar-refractivity contribution in [3.05, 3.63) is 94.5 Å². The minimum absolute atomic E-state index is 0.147. The molecule has 180 valence electrons. The highest BCUT2D eigenvalue weighted by atomic mass is 32.2. The van der Waals surface area contributed by atoms with Gasteiger partial charge in [-0.05, 0) is 85.7 Å². The van der Waals surface area contributed by atoms with Crippen LogP contribution in [0.15, 0.2) is 71.6 Å². The van der Waals surface area contributed by atoms with Gasteiger partial charge in [-0.25, -0.2) is 8.42 Å². The van der Waals surface area contributed by atoms with E-state index < -0.39 is 10.0 Å². The number of anilines is 1. The standard InChI is InChI=1S/C28H34N2O3S/c1-19(2)24-12-14-25(15-13-24)30(34(32,33)26-10-8-7-9-11-26)18-28(31)29-23(6)27-17-21(4)20(3)16-22(27)5/h7-17,19,23H,18H2,1-6H3,(H,29,31). The second-order valence-corrected chi connectivity index (χ2v) is 11.0. The van der Waals surface area contributed by atoms with Gasteiger partial charge in [0.25, 0.3) is 10.0 Å². The van der Waals surface area contributed by atoms with Gasteiger partial charge < -0.3 is 5.32 Å². The molecule has 0 fully saturated rings. The van der Waals surface area contributed by atoms with Crippen molar-refractivity contribution in [3.8, 4) is 0 Å². The molecular weight excluding hydrogens is 444 g/mol. The van der Waals surface area contributed by atoms with E-state index in [2.05, 4.69) is 38.2 Å². The highest BCUT2D eigenvalue weighted by molar-refractivity contribution is 7.92. The summed E-state index contributed by atoms with van der Waals surface area (Å²) >= 11 is 0. The van der Waals surface area contributed by atoms with Crippen LogP contribution in [0, 0.1) is 20.8 Å². The first kappa shape index (κ1) is 25.5. The number of amides is 1. The van der Waals surface area contributed by atoms with Gasteiger partial charge in [0.05, 0.1) is 16.6 Å². The van der Waals surface area contributed by atoms with Crippen LogP contribution < -0.4 is 9.62 Å². The Morgan fingerprint density at radius 3 is 2.03 bits per heavy atom. The van der Waals surface area contributed by atoms with Gasteiger partial charge >= 0.3 is 0 Å². The molecule has 34 heavy (non-hydrogen) atoms. The number of carbonyl (C=O) groups excluding carboxylic acids is 1. The van der Waals surface area contributed by atoms with Crippen LogP contribution in [0.25, 0.3) is 0 Å². The molecule has 0 radical (unpaired) electrons. The number of aryl methyl sites for hydroxylation is 3. The Morgan fingerprint density at radius 1 is 0.853 bits per heavy atom. The highest BCUT2D eigenvalue weighted by Crippen LogP contribution is 2.26. The Morgan fingerprint density at radius 2 is 1.44 bits per heavy atom. The summed E-state index contributed by atoms with van der Waals surface area (Å²) < 4.78 is 28.2. The van der Waals surface area contributed by atoms with Crippen molar-refractivity contribution in [3.63, 3.8) is 0 Å². The molecule has 3 aromatic rings. The van der Waals surface area contributed by atoms with E-state index in [-0.39, 0.29) is 23.4 Å². The van der Waals surface area contributed by atoms with Gasteiger partial charge in [-0.2, -0.15) is 0 Å². The summed E-state index contributed by atoms with van der Waals surface area (Å²) in [6.45, 7) is 11.9. The molecule has 0 saturated carbocycles. The minimum atomic E-state index is -3.93. The Hall–Kier alpha value is -3.12. The summed E-state index contributed by atoms with van der Waals surface area (Å²) in [7, 11) is -3.93. The molecular formula is C28H34N2O3S. The van der Waals surface area contributed by atoms with Crippen molar-refractivity contribution in [1.29, 1.82) is 0 Å². The zero-order chi connectivity index (χ0) is 25.0. The fraction of sp³-hybridized carbons (Fsp3) is 0.321. The van der Waals surface area contributed by atoms with Crippen molar-refractivity contribution >= 4 is 21.6 Å². The average Bonchev–Trinajstić information content (AvgIpc) is 2.80. The van der Waals surface area contributed by atoms with E-state index >= 15 is 0 Å². The van der Waals surface area contributed by atoms with Gasteiger partial charge in [-0.3, -0.25) is 9.10 Å². The molecule has 1 N–H and O–H groups in total. The third-order valence-electron chi connectivity index (χ3n) is 6.19. The molecule has 0 aromatic heterocycles. The minimum Gasteiger partial charge on any atom is -0.348 e. The van der Waals surface area contributed by atoms with E-state index in [1.54, 1.807) is 42.5 Å². The first-order chi connectivity index (χ1) is 16.0. The van der Waals surface area contributed by atoms with Gasteiger partial charge in [0.2, 0.25) is 5.91 Å². The molecule has 6 heteroatoms. The summed E-state index contributed by atoms with van der Waals surface area (Å²) in [5.41, 5.74) is 6.02. The lowest BCUT2D eigenvalue weighted by Gasteiger charge is -2.26. The Labute approximate surface area is 203 Å². The molecule has 0 heterocycles. The van der Waals surface area contributed by atoms with Crippen LogP contribution >= 0.6 is 0 Å². The quantitative estimate of drug-likeness (QED) is 0.444. The second kappa shape index (κ2) is 10.4. The molecule has 0 saturated heterocycles. The Balaban J connectivity index is 1.91. The molecule has 3 rings (SSSR count). The first-order valence-electron chi connectivity index (χ1n) is 11.6. The highest BCUT2D eigenvalue weighted by Gasteiger charge is 2.28. The third-order valence-corrected chi connectivity index (χ3v) is 7.98. The maximum Gasteiger partial charge on any atom is 0.264 e. The number of benzene rings is 3. The SMILES string of the molecule is Cc1cc(C)c(C(C)NC(=O)CN(c2ccc(C(C)C)cc2)S(=O)(=O)c2ccccc2)cc1C. The van der Waals surface area contributed by atoms with Crippen LogP contribution in [-0.2, 0) is 14.8 Å². The van der Waals surface area contributed by atoms with Crippen LogP contribution in [-0.4, -0.2) is 20.9 Å². The maximum absolute atomic E-state index is 13.5.